The van der Waals surface area contributed by atoms with E-state index in [-0.39, 0.29) is 5.92 Å². The van der Waals surface area contributed by atoms with E-state index in [1.165, 1.54) is 7.11 Å². The number of hydrogen-bond donors (Lipinski definition) is 0. The number of esters is 3. The quantitative estimate of drug-likeness (QED) is 0.397. The van der Waals surface area contributed by atoms with Crippen LogP contribution in [-0.4, -0.2) is 39.2 Å². The summed E-state index contributed by atoms with van der Waals surface area (Å²) in [4.78, 5) is 34.7. The normalized spacial score (nSPS) is 12.2. The lowest BCUT2D eigenvalue weighted by Gasteiger charge is -2.23. The van der Waals surface area contributed by atoms with E-state index in [0.717, 1.165) is 14.2 Å². The highest BCUT2D eigenvalue weighted by atomic mass is 16.5. The molecule has 0 radical (unpaired) electrons. The predicted octanol–water partition coefficient (Wildman–Crippen LogP) is 0.394. The van der Waals surface area contributed by atoms with Crippen molar-refractivity contribution in [2.75, 3.05) is 21.3 Å². The van der Waals surface area contributed by atoms with Gasteiger partial charge in [-0.05, 0) is 5.92 Å². The lowest BCUT2D eigenvalue weighted by Crippen LogP contribution is -2.40. The summed E-state index contributed by atoms with van der Waals surface area (Å²) in [5.74, 6) is -4.72. The van der Waals surface area contributed by atoms with Crippen LogP contribution in [0.1, 0.15) is 13.8 Å². The predicted molar refractivity (Wildman–Crippen MR) is 57.9 cm³/mol. The Balaban J connectivity index is 5.29. The molecule has 6 heteroatoms. The Morgan fingerprint density at radius 1 is 0.765 bits per heavy atom. The van der Waals surface area contributed by atoms with Crippen molar-refractivity contribution in [2.24, 2.45) is 17.8 Å². The average Bonchev–Trinajstić information content (AvgIpc) is 2.32. The monoisotopic (exact) mass is 246 g/mol. The summed E-state index contributed by atoms with van der Waals surface area (Å²) in [6.45, 7) is 3.42. The number of carbonyl (C=O) groups is 3. The highest BCUT2D eigenvalue weighted by molar-refractivity contribution is 5.99. The zero-order valence-electron chi connectivity index (χ0n) is 10.7. The average molecular weight is 246 g/mol. The van der Waals surface area contributed by atoms with Crippen LogP contribution in [0.4, 0.5) is 0 Å². The van der Waals surface area contributed by atoms with E-state index >= 15 is 0 Å². The molecule has 0 heterocycles. The minimum Gasteiger partial charge on any atom is -0.469 e. The fraction of sp³-hybridized carbons (Fsp3) is 0.727. The summed E-state index contributed by atoms with van der Waals surface area (Å²) < 4.78 is 13.6. The van der Waals surface area contributed by atoms with Crippen molar-refractivity contribution in [1.29, 1.82) is 0 Å². The summed E-state index contributed by atoms with van der Waals surface area (Å²) in [7, 11) is 3.49. The molecular formula is C11H18O6. The van der Waals surface area contributed by atoms with E-state index < -0.39 is 29.7 Å². The van der Waals surface area contributed by atoms with Crippen LogP contribution in [0.15, 0.2) is 0 Å². The number of methoxy groups -OCH3 is 3. The molecule has 0 saturated carbocycles. The third-order valence-corrected chi connectivity index (χ3v) is 2.46. The fourth-order valence-corrected chi connectivity index (χ4v) is 1.57. The summed E-state index contributed by atoms with van der Waals surface area (Å²) in [6, 6.07) is 0. The number of ether oxygens (including phenoxy) is 3. The summed E-state index contributed by atoms with van der Waals surface area (Å²) in [5, 5.41) is 0. The van der Waals surface area contributed by atoms with E-state index in [4.69, 9.17) is 0 Å². The molecular weight excluding hydrogens is 228 g/mol. The molecule has 0 bridgehead atoms. The van der Waals surface area contributed by atoms with Crippen LogP contribution in [0, 0.1) is 17.8 Å². The van der Waals surface area contributed by atoms with E-state index in [2.05, 4.69) is 14.2 Å². The van der Waals surface area contributed by atoms with Crippen LogP contribution < -0.4 is 0 Å². The van der Waals surface area contributed by atoms with Gasteiger partial charge in [0.2, 0.25) is 0 Å². The first-order chi connectivity index (χ1) is 7.90. The lowest BCUT2D eigenvalue weighted by atomic mass is 9.83. The molecule has 17 heavy (non-hydrogen) atoms. The highest BCUT2D eigenvalue weighted by Gasteiger charge is 2.43. The molecule has 0 aliphatic carbocycles. The fourth-order valence-electron chi connectivity index (χ4n) is 1.57. The molecule has 0 aliphatic heterocycles. The zero-order chi connectivity index (χ0) is 13.6. The van der Waals surface area contributed by atoms with Gasteiger partial charge in [-0.25, -0.2) is 0 Å². The molecule has 6 nitrogen and oxygen atoms in total. The Morgan fingerprint density at radius 3 is 1.35 bits per heavy atom. The third kappa shape index (κ3) is 3.72. The Kier molecular flexibility index (Phi) is 6.23. The Labute approximate surface area is 100 Å². The summed E-state index contributed by atoms with van der Waals surface area (Å²) in [5.41, 5.74) is 0. The van der Waals surface area contributed by atoms with Crippen molar-refractivity contribution in [3.05, 3.63) is 0 Å². The first kappa shape index (κ1) is 15.4. The Bertz CT molecular complexity index is 280. The van der Waals surface area contributed by atoms with Crippen molar-refractivity contribution < 1.29 is 28.6 Å². The van der Waals surface area contributed by atoms with Gasteiger partial charge in [0, 0.05) is 0 Å². The molecule has 0 spiro atoms. The van der Waals surface area contributed by atoms with Crippen LogP contribution in [0.25, 0.3) is 0 Å². The molecule has 0 aromatic heterocycles. The van der Waals surface area contributed by atoms with Gasteiger partial charge >= 0.3 is 17.9 Å². The maximum Gasteiger partial charge on any atom is 0.320 e. The van der Waals surface area contributed by atoms with Crippen molar-refractivity contribution in [2.45, 2.75) is 13.8 Å². The molecule has 0 amide bonds. The van der Waals surface area contributed by atoms with Gasteiger partial charge in [0.15, 0.2) is 5.92 Å². The van der Waals surface area contributed by atoms with Crippen molar-refractivity contribution >= 4 is 17.9 Å². The van der Waals surface area contributed by atoms with Crippen LogP contribution in [-0.2, 0) is 28.6 Å². The number of carbonyl (C=O) groups excluding carboxylic acids is 3. The van der Waals surface area contributed by atoms with Gasteiger partial charge in [-0.1, -0.05) is 13.8 Å². The third-order valence-electron chi connectivity index (χ3n) is 2.46. The van der Waals surface area contributed by atoms with E-state index in [9.17, 15) is 14.4 Å². The molecule has 1 atom stereocenters. The minimum absolute atomic E-state index is 0.259. The number of rotatable bonds is 5. The van der Waals surface area contributed by atoms with Gasteiger partial charge in [-0.3, -0.25) is 14.4 Å². The summed E-state index contributed by atoms with van der Waals surface area (Å²) in [6.07, 6.45) is 0. The molecule has 0 aromatic carbocycles. The van der Waals surface area contributed by atoms with Gasteiger partial charge in [0.1, 0.15) is 0 Å². The van der Waals surface area contributed by atoms with Crippen LogP contribution in [0.3, 0.4) is 0 Å². The largest absolute Gasteiger partial charge is 0.469 e. The van der Waals surface area contributed by atoms with Gasteiger partial charge in [0.05, 0.1) is 27.2 Å². The smallest absolute Gasteiger partial charge is 0.320 e. The van der Waals surface area contributed by atoms with Crippen LogP contribution in [0.2, 0.25) is 0 Å². The topological polar surface area (TPSA) is 78.9 Å². The van der Waals surface area contributed by atoms with Crippen molar-refractivity contribution in [3.8, 4) is 0 Å². The molecule has 0 rings (SSSR count). The lowest BCUT2D eigenvalue weighted by molar-refractivity contribution is -0.170. The highest BCUT2D eigenvalue weighted by Crippen LogP contribution is 2.25. The first-order valence-corrected chi connectivity index (χ1v) is 5.14. The van der Waals surface area contributed by atoms with Gasteiger partial charge in [0.25, 0.3) is 0 Å². The van der Waals surface area contributed by atoms with Gasteiger partial charge in [-0.15, -0.1) is 0 Å². The molecule has 0 fully saturated rings. The molecule has 0 aromatic rings. The molecule has 0 aliphatic rings. The van der Waals surface area contributed by atoms with Gasteiger partial charge < -0.3 is 14.2 Å². The second-order valence-corrected chi connectivity index (χ2v) is 3.82. The van der Waals surface area contributed by atoms with Crippen LogP contribution >= 0.6 is 0 Å². The van der Waals surface area contributed by atoms with E-state index in [1.54, 1.807) is 13.8 Å². The Hall–Kier alpha value is -1.59. The minimum atomic E-state index is -1.29. The standard InChI is InChI=1S/C11H18O6/c1-6(2)7(9(12)15-3)8(10(13)16-4)11(14)17-5/h6-8H,1-5H3. The van der Waals surface area contributed by atoms with Crippen molar-refractivity contribution in [1.82, 2.24) is 0 Å². The molecule has 0 saturated heterocycles. The SMILES string of the molecule is COC(=O)C(C(=O)OC)C(C(=O)OC)C(C)C. The maximum atomic E-state index is 11.6. The first-order valence-electron chi connectivity index (χ1n) is 5.14. The second kappa shape index (κ2) is 6.88. The molecule has 98 valence electrons. The second-order valence-electron chi connectivity index (χ2n) is 3.82. The zero-order valence-corrected chi connectivity index (χ0v) is 10.7. The van der Waals surface area contributed by atoms with Crippen molar-refractivity contribution in [3.63, 3.8) is 0 Å². The molecule has 0 N–H and O–H groups in total. The maximum absolute atomic E-state index is 11.6. The number of hydrogen-bond acceptors (Lipinski definition) is 6. The van der Waals surface area contributed by atoms with Gasteiger partial charge in [-0.2, -0.15) is 0 Å². The molecule has 1 unspecified atom stereocenters. The van der Waals surface area contributed by atoms with Crippen LogP contribution in [0.5, 0.6) is 0 Å². The van der Waals surface area contributed by atoms with E-state index in [0.29, 0.717) is 0 Å². The Morgan fingerprint density at radius 2 is 1.12 bits per heavy atom. The van der Waals surface area contributed by atoms with E-state index in [1.807, 2.05) is 0 Å². The summed E-state index contributed by atoms with van der Waals surface area (Å²) >= 11 is 0.